The molecule has 2 aromatic heterocycles. The van der Waals surface area contributed by atoms with E-state index in [4.69, 9.17) is 4.74 Å². The Kier molecular flexibility index (Phi) is 2.72. The second kappa shape index (κ2) is 4.73. The summed E-state index contributed by atoms with van der Waals surface area (Å²) in [5.74, 6) is 0.732. The van der Waals surface area contributed by atoms with Crippen LogP contribution in [0, 0.1) is 0 Å². The molecule has 0 aliphatic carbocycles. The maximum atomic E-state index is 12.6. The number of para-hydroxylation sites is 1. The Morgan fingerprint density at radius 1 is 1.09 bits per heavy atom. The van der Waals surface area contributed by atoms with Gasteiger partial charge in [0.15, 0.2) is 0 Å². The normalized spacial score (nSPS) is 11.1. The summed E-state index contributed by atoms with van der Waals surface area (Å²) in [6.45, 7) is 0. The number of aromatic amines is 1. The van der Waals surface area contributed by atoms with Crippen molar-refractivity contribution in [1.29, 1.82) is 0 Å². The molecule has 1 N–H and O–H groups in total. The molecule has 2 heterocycles. The Morgan fingerprint density at radius 3 is 2.68 bits per heavy atom. The highest BCUT2D eigenvalue weighted by Crippen LogP contribution is 2.25. The van der Waals surface area contributed by atoms with Gasteiger partial charge in [-0.1, -0.05) is 18.2 Å². The lowest BCUT2D eigenvalue weighted by Gasteiger charge is -2.02. The average Bonchev–Trinajstić information content (AvgIpc) is 2.92. The van der Waals surface area contributed by atoms with E-state index in [1.54, 1.807) is 13.3 Å². The number of aromatic nitrogens is 3. The summed E-state index contributed by atoms with van der Waals surface area (Å²) < 4.78 is 6.80. The molecule has 0 aliphatic rings. The van der Waals surface area contributed by atoms with Crippen LogP contribution in [-0.4, -0.2) is 21.9 Å². The zero-order valence-electron chi connectivity index (χ0n) is 11.9. The van der Waals surface area contributed by atoms with E-state index in [1.165, 1.54) is 4.68 Å². The van der Waals surface area contributed by atoms with Crippen molar-refractivity contribution in [1.82, 2.24) is 14.8 Å². The van der Waals surface area contributed by atoms with Crippen molar-refractivity contribution in [3.63, 3.8) is 0 Å². The van der Waals surface area contributed by atoms with Crippen LogP contribution >= 0.6 is 0 Å². The van der Waals surface area contributed by atoms with Crippen LogP contribution < -0.4 is 10.3 Å². The van der Waals surface area contributed by atoms with Crippen molar-refractivity contribution in [3.8, 4) is 11.4 Å². The standard InChI is InChI=1S/C17H13N3O2/c1-22-12-7-8-15-13(9-12)16-14(10-18-15)17(21)20(19-16)11-5-3-2-4-6-11/h2-10,19H,1H3. The second-order valence-corrected chi connectivity index (χ2v) is 5.02. The van der Waals surface area contributed by atoms with Gasteiger partial charge in [-0.05, 0) is 30.3 Å². The number of benzene rings is 2. The molecule has 108 valence electrons. The third-order valence-electron chi connectivity index (χ3n) is 3.75. The van der Waals surface area contributed by atoms with Gasteiger partial charge < -0.3 is 4.74 Å². The molecule has 2 aromatic carbocycles. The van der Waals surface area contributed by atoms with Crippen molar-refractivity contribution in [2.75, 3.05) is 7.11 Å². The van der Waals surface area contributed by atoms with Gasteiger partial charge in [0.1, 0.15) is 5.75 Å². The molecule has 0 saturated carbocycles. The Hall–Kier alpha value is -3.08. The molecule has 0 amide bonds. The van der Waals surface area contributed by atoms with Gasteiger partial charge in [-0.25, -0.2) is 4.68 Å². The van der Waals surface area contributed by atoms with Gasteiger partial charge >= 0.3 is 0 Å². The second-order valence-electron chi connectivity index (χ2n) is 5.02. The van der Waals surface area contributed by atoms with Crippen LogP contribution in [0.3, 0.4) is 0 Å². The predicted octanol–water partition coefficient (Wildman–Crippen LogP) is 2.88. The van der Waals surface area contributed by atoms with Crippen LogP contribution in [0.25, 0.3) is 27.5 Å². The first-order chi connectivity index (χ1) is 10.8. The monoisotopic (exact) mass is 291 g/mol. The molecule has 0 radical (unpaired) electrons. The van der Waals surface area contributed by atoms with Gasteiger partial charge in [0.25, 0.3) is 5.56 Å². The topological polar surface area (TPSA) is 59.9 Å². The molecular formula is C17H13N3O2. The first-order valence-electron chi connectivity index (χ1n) is 6.91. The molecule has 22 heavy (non-hydrogen) atoms. The van der Waals surface area contributed by atoms with Crippen molar-refractivity contribution >= 4 is 21.8 Å². The summed E-state index contributed by atoms with van der Waals surface area (Å²) >= 11 is 0. The molecule has 0 spiro atoms. The van der Waals surface area contributed by atoms with Gasteiger partial charge in [0.05, 0.1) is 29.2 Å². The summed E-state index contributed by atoms with van der Waals surface area (Å²) in [7, 11) is 1.62. The lowest BCUT2D eigenvalue weighted by atomic mass is 10.1. The summed E-state index contributed by atoms with van der Waals surface area (Å²) in [4.78, 5) is 17.0. The minimum Gasteiger partial charge on any atom is -0.497 e. The van der Waals surface area contributed by atoms with Crippen LogP contribution in [0.2, 0.25) is 0 Å². The maximum absolute atomic E-state index is 12.6. The molecular weight excluding hydrogens is 278 g/mol. The molecule has 5 heteroatoms. The number of nitrogens with zero attached hydrogens (tertiary/aromatic N) is 2. The Bertz CT molecular complexity index is 1030. The van der Waals surface area contributed by atoms with Gasteiger partial charge in [0, 0.05) is 11.6 Å². The van der Waals surface area contributed by atoms with Crippen LogP contribution in [0.15, 0.2) is 59.5 Å². The highest BCUT2D eigenvalue weighted by atomic mass is 16.5. The largest absolute Gasteiger partial charge is 0.497 e. The summed E-state index contributed by atoms with van der Waals surface area (Å²) in [5.41, 5.74) is 2.26. The highest BCUT2D eigenvalue weighted by Gasteiger charge is 2.12. The lowest BCUT2D eigenvalue weighted by Crippen LogP contribution is -2.13. The van der Waals surface area contributed by atoms with E-state index in [9.17, 15) is 4.79 Å². The molecule has 0 atom stereocenters. The SMILES string of the molecule is COc1ccc2ncc3c(=O)n(-c4ccccc4)[nH]c3c2c1. The van der Waals surface area contributed by atoms with Crippen molar-refractivity contribution < 1.29 is 4.74 Å². The van der Waals surface area contributed by atoms with E-state index in [1.807, 2.05) is 48.5 Å². The smallest absolute Gasteiger partial charge is 0.280 e. The first-order valence-corrected chi connectivity index (χ1v) is 6.91. The molecule has 0 fully saturated rings. The summed E-state index contributed by atoms with van der Waals surface area (Å²) in [6, 6.07) is 15.1. The van der Waals surface area contributed by atoms with Crippen molar-refractivity contribution in [2.24, 2.45) is 0 Å². The number of fused-ring (bicyclic) bond motifs is 3. The molecule has 4 aromatic rings. The Balaban J connectivity index is 2.09. The van der Waals surface area contributed by atoms with Gasteiger partial charge in [-0.15, -0.1) is 0 Å². The number of ether oxygens (including phenoxy) is 1. The fraction of sp³-hybridized carbons (Fsp3) is 0.0588. The molecule has 0 unspecified atom stereocenters. The van der Waals surface area contributed by atoms with E-state index in [-0.39, 0.29) is 5.56 Å². The minimum absolute atomic E-state index is 0.113. The number of nitrogens with one attached hydrogen (secondary N) is 1. The number of H-pyrrole nitrogens is 1. The quantitative estimate of drug-likeness (QED) is 0.618. The van der Waals surface area contributed by atoms with Crippen LogP contribution in [0.4, 0.5) is 0 Å². The number of methoxy groups -OCH3 is 1. The lowest BCUT2D eigenvalue weighted by molar-refractivity contribution is 0.415. The Labute approximate surface area is 125 Å². The summed E-state index contributed by atoms with van der Waals surface area (Å²) in [5, 5.41) is 4.61. The molecule has 0 aliphatic heterocycles. The minimum atomic E-state index is -0.113. The maximum Gasteiger partial charge on any atom is 0.280 e. The fourth-order valence-corrected chi connectivity index (χ4v) is 2.62. The van der Waals surface area contributed by atoms with E-state index >= 15 is 0 Å². The third kappa shape index (κ3) is 1.79. The number of rotatable bonds is 2. The van der Waals surface area contributed by atoms with Crippen molar-refractivity contribution in [2.45, 2.75) is 0 Å². The Morgan fingerprint density at radius 2 is 1.91 bits per heavy atom. The molecule has 0 saturated heterocycles. The number of hydrogen-bond donors (Lipinski definition) is 1. The number of hydrogen-bond acceptors (Lipinski definition) is 3. The van der Waals surface area contributed by atoms with Gasteiger partial charge in [0.2, 0.25) is 0 Å². The van der Waals surface area contributed by atoms with E-state index in [0.717, 1.165) is 27.9 Å². The van der Waals surface area contributed by atoms with E-state index in [0.29, 0.717) is 5.39 Å². The van der Waals surface area contributed by atoms with Crippen LogP contribution in [0.5, 0.6) is 5.75 Å². The fourth-order valence-electron chi connectivity index (χ4n) is 2.62. The zero-order valence-corrected chi connectivity index (χ0v) is 11.9. The van der Waals surface area contributed by atoms with Crippen LogP contribution in [-0.2, 0) is 0 Å². The summed E-state index contributed by atoms with van der Waals surface area (Å²) in [6.07, 6.45) is 1.61. The van der Waals surface area contributed by atoms with E-state index < -0.39 is 0 Å². The van der Waals surface area contributed by atoms with Crippen molar-refractivity contribution in [3.05, 3.63) is 65.1 Å². The van der Waals surface area contributed by atoms with Gasteiger partial charge in [-0.2, -0.15) is 0 Å². The third-order valence-corrected chi connectivity index (χ3v) is 3.75. The predicted molar refractivity (Wildman–Crippen MR) is 85.7 cm³/mol. The molecule has 0 bridgehead atoms. The number of pyridine rings is 1. The van der Waals surface area contributed by atoms with Gasteiger partial charge in [-0.3, -0.25) is 14.9 Å². The first kappa shape index (κ1) is 12.6. The molecule has 5 nitrogen and oxygen atoms in total. The van der Waals surface area contributed by atoms with Crippen LogP contribution in [0.1, 0.15) is 0 Å². The molecule has 4 rings (SSSR count). The zero-order chi connectivity index (χ0) is 15.1. The van der Waals surface area contributed by atoms with E-state index in [2.05, 4.69) is 10.1 Å². The highest BCUT2D eigenvalue weighted by molar-refractivity contribution is 6.03. The average molecular weight is 291 g/mol.